The molecule has 0 amide bonds. The van der Waals surface area contributed by atoms with Crippen LogP contribution in [0.1, 0.15) is 22.5 Å². The smallest absolute Gasteiger partial charge is 0.341 e. The summed E-state index contributed by atoms with van der Waals surface area (Å²) < 4.78 is 6.95. The van der Waals surface area contributed by atoms with Gasteiger partial charge < -0.3 is 14.7 Å². The number of rotatable bonds is 3. The van der Waals surface area contributed by atoms with Gasteiger partial charge in [-0.1, -0.05) is 0 Å². The maximum Gasteiger partial charge on any atom is 0.341 e. The second-order valence-corrected chi connectivity index (χ2v) is 4.34. The number of hydrogen-bond donors (Lipinski definition) is 1. The Morgan fingerprint density at radius 1 is 1.65 bits per heavy atom. The number of carboxylic acid groups (broad SMARTS) is 1. The number of likely N-dealkylation sites (N-methyl/N-ethyl adjacent to an activating group) is 1. The van der Waals surface area contributed by atoms with Crippen molar-refractivity contribution in [2.24, 2.45) is 7.05 Å². The van der Waals surface area contributed by atoms with E-state index in [9.17, 15) is 9.90 Å². The van der Waals surface area contributed by atoms with E-state index in [0.717, 1.165) is 13.0 Å². The Labute approximate surface area is 99.8 Å². The van der Waals surface area contributed by atoms with Crippen molar-refractivity contribution in [1.82, 2.24) is 9.78 Å². The van der Waals surface area contributed by atoms with E-state index < -0.39 is 5.97 Å². The molecular weight excluding hydrogens is 222 g/mol. The fourth-order valence-corrected chi connectivity index (χ4v) is 2.30. The number of anilines is 1. The summed E-state index contributed by atoms with van der Waals surface area (Å²) in [6.45, 7) is 3.08. The van der Waals surface area contributed by atoms with Gasteiger partial charge in [0.25, 0.3) is 0 Å². The first-order chi connectivity index (χ1) is 8.02. The van der Waals surface area contributed by atoms with Crippen LogP contribution in [0, 0.1) is 6.92 Å². The number of carbonyl (C=O) groups is 1. The Kier molecular flexibility index (Phi) is 3.06. The van der Waals surface area contributed by atoms with Gasteiger partial charge in [0.1, 0.15) is 11.4 Å². The molecule has 1 unspecified atom stereocenters. The number of nitrogens with zero attached hydrogens (tertiary/aromatic N) is 3. The summed E-state index contributed by atoms with van der Waals surface area (Å²) >= 11 is 0. The lowest BCUT2D eigenvalue weighted by Gasteiger charge is -2.25. The molecule has 0 aliphatic carbocycles. The molecule has 6 nitrogen and oxygen atoms in total. The van der Waals surface area contributed by atoms with E-state index in [4.69, 9.17) is 4.74 Å². The number of aromatic nitrogens is 2. The third kappa shape index (κ3) is 2.00. The fraction of sp³-hybridized carbons (Fsp3) is 0.636. The predicted molar refractivity (Wildman–Crippen MR) is 62.5 cm³/mol. The van der Waals surface area contributed by atoms with Gasteiger partial charge in [0.05, 0.1) is 18.3 Å². The molecule has 2 heterocycles. The fourth-order valence-electron chi connectivity index (χ4n) is 2.30. The van der Waals surface area contributed by atoms with Crippen molar-refractivity contribution < 1.29 is 14.6 Å². The number of carboxylic acids is 1. The van der Waals surface area contributed by atoms with Crippen molar-refractivity contribution in [1.29, 1.82) is 0 Å². The van der Waals surface area contributed by atoms with Gasteiger partial charge >= 0.3 is 5.97 Å². The Morgan fingerprint density at radius 2 is 2.35 bits per heavy atom. The largest absolute Gasteiger partial charge is 0.477 e. The van der Waals surface area contributed by atoms with Crippen LogP contribution in [0.2, 0.25) is 0 Å². The summed E-state index contributed by atoms with van der Waals surface area (Å²) in [5, 5.41) is 13.4. The standard InChI is InChI=1S/C11H17N3O3/c1-7-9(11(15)16)10(14(3)12-7)13(2)8-4-5-17-6-8/h8H,4-6H2,1-3H3,(H,15,16). The highest BCUT2D eigenvalue weighted by atomic mass is 16.5. The van der Waals surface area contributed by atoms with Gasteiger partial charge in [0, 0.05) is 20.7 Å². The first-order valence-corrected chi connectivity index (χ1v) is 5.60. The van der Waals surface area contributed by atoms with Crippen molar-refractivity contribution >= 4 is 11.8 Å². The Balaban J connectivity index is 2.39. The topological polar surface area (TPSA) is 67.6 Å². The molecule has 1 aromatic rings. The molecule has 1 aliphatic rings. The van der Waals surface area contributed by atoms with Crippen LogP contribution in [-0.4, -0.2) is 47.2 Å². The first-order valence-electron chi connectivity index (χ1n) is 5.60. The second-order valence-electron chi connectivity index (χ2n) is 4.34. The summed E-state index contributed by atoms with van der Waals surface area (Å²) in [4.78, 5) is 13.2. The first kappa shape index (κ1) is 11.9. The number of ether oxygens (including phenoxy) is 1. The van der Waals surface area contributed by atoms with Gasteiger partial charge in [0.2, 0.25) is 0 Å². The zero-order chi connectivity index (χ0) is 12.6. The molecule has 2 rings (SSSR count). The molecule has 1 aromatic heterocycles. The molecule has 1 aliphatic heterocycles. The minimum absolute atomic E-state index is 0.225. The minimum Gasteiger partial charge on any atom is -0.477 e. The van der Waals surface area contributed by atoms with E-state index in [1.165, 1.54) is 0 Å². The summed E-state index contributed by atoms with van der Waals surface area (Å²) in [5.41, 5.74) is 0.822. The van der Waals surface area contributed by atoms with E-state index in [2.05, 4.69) is 5.10 Å². The van der Waals surface area contributed by atoms with Gasteiger partial charge in [-0.15, -0.1) is 0 Å². The second kappa shape index (κ2) is 4.37. The molecule has 1 N–H and O–H groups in total. The molecule has 0 bridgehead atoms. The lowest BCUT2D eigenvalue weighted by atomic mass is 10.2. The highest BCUT2D eigenvalue weighted by Crippen LogP contribution is 2.26. The van der Waals surface area contributed by atoms with Gasteiger partial charge in [-0.2, -0.15) is 5.10 Å². The summed E-state index contributed by atoms with van der Waals surface area (Å²) in [7, 11) is 3.66. The normalized spacial score (nSPS) is 19.6. The summed E-state index contributed by atoms with van der Waals surface area (Å²) in [5.74, 6) is -0.290. The van der Waals surface area contributed by atoms with Crippen molar-refractivity contribution in [3.05, 3.63) is 11.3 Å². The van der Waals surface area contributed by atoms with Crippen LogP contribution < -0.4 is 4.90 Å². The number of aromatic carboxylic acids is 1. The van der Waals surface area contributed by atoms with E-state index in [1.807, 2.05) is 11.9 Å². The number of aryl methyl sites for hydroxylation is 2. The van der Waals surface area contributed by atoms with Crippen LogP contribution in [0.3, 0.4) is 0 Å². The molecule has 0 saturated carbocycles. The molecule has 0 radical (unpaired) electrons. The van der Waals surface area contributed by atoms with Crippen molar-refractivity contribution in [2.75, 3.05) is 25.2 Å². The molecule has 94 valence electrons. The molecule has 17 heavy (non-hydrogen) atoms. The third-order valence-corrected chi connectivity index (χ3v) is 3.19. The zero-order valence-electron chi connectivity index (χ0n) is 10.3. The molecule has 1 atom stereocenters. The van der Waals surface area contributed by atoms with E-state index >= 15 is 0 Å². The highest BCUT2D eigenvalue weighted by molar-refractivity contribution is 5.94. The summed E-state index contributed by atoms with van der Waals surface area (Å²) in [6, 6.07) is 0.225. The maximum absolute atomic E-state index is 11.3. The lowest BCUT2D eigenvalue weighted by Crippen LogP contribution is -2.34. The average Bonchev–Trinajstić information content (AvgIpc) is 2.84. The Bertz CT molecular complexity index is 435. The zero-order valence-corrected chi connectivity index (χ0v) is 10.3. The highest BCUT2D eigenvalue weighted by Gasteiger charge is 2.28. The van der Waals surface area contributed by atoms with Crippen molar-refractivity contribution in [2.45, 2.75) is 19.4 Å². The van der Waals surface area contributed by atoms with E-state index in [1.54, 1.807) is 18.7 Å². The monoisotopic (exact) mass is 239 g/mol. The SMILES string of the molecule is Cc1nn(C)c(N(C)C2CCOC2)c1C(=O)O. The van der Waals surface area contributed by atoms with Crippen LogP contribution in [0.4, 0.5) is 5.82 Å². The van der Waals surface area contributed by atoms with Crippen LogP contribution in [0.5, 0.6) is 0 Å². The molecular formula is C11H17N3O3. The maximum atomic E-state index is 11.3. The van der Waals surface area contributed by atoms with Gasteiger partial charge in [-0.25, -0.2) is 4.79 Å². The van der Waals surface area contributed by atoms with Crippen LogP contribution in [-0.2, 0) is 11.8 Å². The molecule has 0 spiro atoms. The van der Waals surface area contributed by atoms with Crippen LogP contribution in [0.25, 0.3) is 0 Å². The van der Waals surface area contributed by atoms with E-state index in [0.29, 0.717) is 18.1 Å². The van der Waals surface area contributed by atoms with Crippen LogP contribution >= 0.6 is 0 Å². The molecule has 1 fully saturated rings. The predicted octanol–water partition coefficient (Wildman–Crippen LogP) is 0.652. The van der Waals surface area contributed by atoms with Gasteiger partial charge in [0.15, 0.2) is 0 Å². The molecule has 1 saturated heterocycles. The third-order valence-electron chi connectivity index (χ3n) is 3.19. The summed E-state index contributed by atoms with van der Waals surface area (Å²) in [6.07, 6.45) is 0.916. The van der Waals surface area contributed by atoms with Gasteiger partial charge in [-0.05, 0) is 13.3 Å². The van der Waals surface area contributed by atoms with Crippen molar-refractivity contribution in [3.63, 3.8) is 0 Å². The lowest BCUT2D eigenvalue weighted by molar-refractivity contribution is 0.0696. The van der Waals surface area contributed by atoms with Gasteiger partial charge in [-0.3, -0.25) is 4.68 Å². The Hall–Kier alpha value is -1.56. The molecule has 0 aromatic carbocycles. The minimum atomic E-state index is -0.934. The quantitative estimate of drug-likeness (QED) is 0.839. The van der Waals surface area contributed by atoms with Crippen LogP contribution in [0.15, 0.2) is 0 Å². The van der Waals surface area contributed by atoms with E-state index in [-0.39, 0.29) is 11.6 Å². The van der Waals surface area contributed by atoms with Crippen molar-refractivity contribution in [3.8, 4) is 0 Å². The number of hydrogen-bond acceptors (Lipinski definition) is 4. The Morgan fingerprint density at radius 3 is 2.88 bits per heavy atom. The molecule has 6 heteroatoms. The average molecular weight is 239 g/mol.